The van der Waals surface area contributed by atoms with Crippen LogP contribution in [0.3, 0.4) is 0 Å². The summed E-state index contributed by atoms with van der Waals surface area (Å²) < 4.78 is 12.9. The molecule has 0 heterocycles. The first-order valence-electron chi connectivity index (χ1n) is 4.49. The number of benzene rings is 1. The van der Waals surface area contributed by atoms with Gasteiger partial charge >= 0.3 is 0 Å². The lowest BCUT2D eigenvalue weighted by atomic mass is 9.96. The quantitative estimate of drug-likeness (QED) is 0.697. The molecule has 0 bridgehead atoms. The zero-order chi connectivity index (χ0) is 9.47. The maximum Gasteiger partial charge on any atom is 0.123 e. The van der Waals surface area contributed by atoms with Crippen LogP contribution in [0.15, 0.2) is 24.3 Å². The van der Waals surface area contributed by atoms with Gasteiger partial charge in [0.15, 0.2) is 0 Å². The van der Waals surface area contributed by atoms with Crippen LogP contribution < -0.4 is 0 Å². The lowest BCUT2D eigenvalue weighted by Gasteiger charge is -2.10. The third kappa shape index (κ3) is 1.52. The molecule has 2 rings (SSSR count). The highest BCUT2D eigenvalue weighted by Crippen LogP contribution is 2.54. The molecule has 13 heavy (non-hydrogen) atoms. The minimum atomic E-state index is -0.126. The van der Waals surface area contributed by atoms with Gasteiger partial charge in [-0.25, -0.2) is 4.39 Å². The molecule has 0 N–H and O–H groups in total. The smallest absolute Gasteiger partial charge is 0.123 e. The van der Waals surface area contributed by atoms with Crippen LogP contribution in [0, 0.1) is 11.7 Å². The van der Waals surface area contributed by atoms with Gasteiger partial charge in [-0.05, 0) is 35.4 Å². The number of alkyl halides is 1. The summed E-state index contributed by atoms with van der Waals surface area (Å²) in [6.45, 7) is 2.20. The standard InChI is InChI=1S/C11H12BrF/c1-11(6-9(11)7-12)8-3-2-4-10(13)5-8/h2-5,9H,6-7H2,1H3. The summed E-state index contributed by atoms with van der Waals surface area (Å²) in [5.74, 6) is 0.549. The van der Waals surface area contributed by atoms with Crippen molar-refractivity contribution in [1.29, 1.82) is 0 Å². The lowest BCUT2D eigenvalue weighted by Crippen LogP contribution is -2.05. The van der Waals surface area contributed by atoms with Crippen molar-refractivity contribution in [2.45, 2.75) is 18.8 Å². The van der Waals surface area contributed by atoms with E-state index in [1.54, 1.807) is 12.1 Å². The number of rotatable bonds is 2. The molecule has 2 heteroatoms. The molecule has 0 aromatic heterocycles. The highest BCUT2D eigenvalue weighted by atomic mass is 79.9. The fraction of sp³-hybridized carbons (Fsp3) is 0.455. The van der Waals surface area contributed by atoms with Gasteiger partial charge in [-0.15, -0.1) is 0 Å². The molecule has 70 valence electrons. The van der Waals surface area contributed by atoms with Gasteiger partial charge in [0.25, 0.3) is 0 Å². The first kappa shape index (κ1) is 9.20. The normalized spacial score (nSPS) is 31.8. The van der Waals surface area contributed by atoms with E-state index in [4.69, 9.17) is 0 Å². The number of hydrogen-bond acceptors (Lipinski definition) is 0. The van der Waals surface area contributed by atoms with Gasteiger partial charge in [-0.3, -0.25) is 0 Å². The summed E-state index contributed by atoms with van der Waals surface area (Å²) >= 11 is 3.47. The summed E-state index contributed by atoms with van der Waals surface area (Å²) in [4.78, 5) is 0. The van der Waals surface area contributed by atoms with Crippen LogP contribution in [-0.4, -0.2) is 5.33 Å². The average molecular weight is 243 g/mol. The molecule has 0 nitrogen and oxygen atoms in total. The molecule has 1 aliphatic rings. The van der Waals surface area contributed by atoms with Gasteiger partial charge in [-0.2, -0.15) is 0 Å². The Labute approximate surface area is 86.3 Å². The fourth-order valence-corrected chi connectivity index (χ4v) is 2.82. The Kier molecular flexibility index (Phi) is 2.18. The second-order valence-corrected chi connectivity index (χ2v) is 4.63. The summed E-state index contributed by atoms with van der Waals surface area (Å²) in [7, 11) is 0. The predicted octanol–water partition coefficient (Wildman–Crippen LogP) is 3.50. The maximum absolute atomic E-state index is 12.9. The summed E-state index contributed by atoms with van der Waals surface area (Å²) in [6, 6.07) is 6.96. The van der Waals surface area contributed by atoms with Gasteiger partial charge in [0.05, 0.1) is 0 Å². The molecule has 0 amide bonds. The van der Waals surface area contributed by atoms with Gasteiger partial charge in [-0.1, -0.05) is 35.0 Å². The Bertz CT molecular complexity index is 324. The van der Waals surface area contributed by atoms with Crippen molar-refractivity contribution in [1.82, 2.24) is 0 Å². The molecule has 1 fully saturated rings. The average Bonchev–Trinajstić information content (AvgIpc) is 2.79. The monoisotopic (exact) mass is 242 g/mol. The molecule has 2 unspecified atom stereocenters. The van der Waals surface area contributed by atoms with Crippen molar-refractivity contribution in [2.24, 2.45) is 5.92 Å². The number of hydrogen-bond donors (Lipinski definition) is 0. The molecular weight excluding hydrogens is 231 g/mol. The molecule has 0 saturated heterocycles. The topological polar surface area (TPSA) is 0 Å². The Morgan fingerprint density at radius 1 is 1.62 bits per heavy atom. The zero-order valence-corrected chi connectivity index (χ0v) is 9.14. The Morgan fingerprint density at radius 2 is 2.38 bits per heavy atom. The van der Waals surface area contributed by atoms with E-state index in [0.29, 0.717) is 5.92 Å². The van der Waals surface area contributed by atoms with Crippen LogP contribution >= 0.6 is 15.9 Å². The van der Waals surface area contributed by atoms with E-state index in [9.17, 15) is 4.39 Å². The highest BCUT2D eigenvalue weighted by Gasteiger charge is 2.50. The minimum absolute atomic E-state index is 0.126. The third-order valence-electron chi connectivity index (χ3n) is 3.08. The van der Waals surface area contributed by atoms with E-state index >= 15 is 0 Å². The molecule has 1 aromatic carbocycles. The van der Waals surface area contributed by atoms with E-state index < -0.39 is 0 Å². The van der Waals surface area contributed by atoms with Crippen molar-refractivity contribution in [3.8, 4) is 0 Å². The molecule has 1 aliphatic carbocycles. The molecule has 0 radical (unpaired) electrons. The van der Waals surface area contributed by atoms with Crippen molar-refractivity contribution >= 4 is 15.9 Å². The zero-order valence-electron chi connectivity index (χ0n) is 7.56. The van der Waals surface area contributed by atoms with E-state index in [-0.39, 0.29) is 11.2 Å². The van der Waals surface area contributed by atoms with Gasteiger partial charge in [0.1, 0.15) is 5.82 Å². The molecule has 1 aromatic rings. The molecule has 2 atom stereocenters. The molecule has 1 saturated carbocycles. The van der Waals surface area contributed by atoms with Crippen LogP contribution in [0.25, 0.3) is 0 Å². The van der Waals surface area contributed by atoms with Gasteiger partial charge in [0, 0.05) is 5.33 Å². The van der Waals surface area contributed by atoms with Crippen molar-refractivity contribution in [2.75, 3.05) is 5.33 Å². The van der Waals surface area contributed by atoms with Crippen LogP contribution in [0.5, 0.6) is 0 Å². The lowest BCUT2D eigenvalue weighted by molar-refractivity contribution is 0.616. The largest absolute Gasteiger partial charge is 0.207 e. The Balaban J connectivity index is 2.27. The Morgan fingerprint density at radius 3 is 2.92 bits per heavy atom. The van der Waals surface area contributed by atoms with Crippen molar-refractivity contribution in [3.05, 3.63) is 35.6 Å². The first-order chi connectivity index (χ1) is 6.16. The SMILES string of the molecule is CC1(c2cccc(F)c2)CC1CBr. The molecule has 0 spiro atoms. The van der Waals surface area contributed by atoms with E-state index in [1.165, 1.54) is 12.5 Å². The maximum atomic E-state index is 12.9. The van der Waals surface area contributed by atoms with Crippen LogP contribution in [0.2, 0.25) is 0 Å². The van der Waals surface area contributed by atoms with Gasteiger partial charge < -0.3 is 0 Å². The van der Waals surface area contributed by atoms with Gasteiger partial charge in [0.2, 0.25) is 0 Å². The van der Waals surface area contributed by atoms with E-state index in [2.05, 4.69) is 22.9 Å². The first-order valence-corrected chi connectivity index (χ1v) is 5.61. The predicted molar refractivity (Wildman–Crippen MR) is 55.7 cm³/mol. The Hall–Kier alpha value is -0.370. The van der Waals surface area contributed by atoms with Crippen LogP contribution in [0.4, 0.5) is 4.39 Å². The fourth-order valence-electron chi connectivity index (χ4n) is 1.88. The van der Waals surface area contributed by atoms with Crippen LogP contribution in [0.1, 0.15) is 18.9 Å². The summed E-state index contributed by atoms with van der Waals surface area (Å²) in [5.41, 5.74) is 1.35. The minimum Gasteiger partial charge on any atom is -0.207 e. The summed E-state index contributed by atoms with van der Waals surface area (Å²) in [6.07, 6.45) is 1.17. The van der Waals surface area contributed by atoms with E-state index in [1.807, 2.05) is 6.07 Å². The van der Waals surface area contributed by atoms with E-state index in [0.717, 1.165) is 10.9 Å². The second kappa shape index (κ2) is 3.09. The number of halogens is 2. The molecular formula is C11H12BrF. The highest BCUT2D eigenvalue weighted by molar-refractivity contribution is 9.09. The second-order valence-electron chi connectivity index (χ2n) is 3.98. The van der Waals surface area contributed by atoms with Crippen LogP contribution in [-0.2, 0) is 5.41 Å². The third-order valence-corrected chi connectivity index (χ3v) is 3.86. The van der Waals surface area contributed by atoms with Crippen molar-refractivity contribution in [3.63, 3.8) is 0 Å². The van der Waals surface area contributed by atoms with Crippen molar-refractivity contribution < 1.29 is 4.39 Å². The molecule has 0 aliphatic heterocycles. The summed E-state index contributed by atoms with van der Waals surface area (Å²) in [5, 5.41) is 1.01.